The molecule has 0 spiro atoms. The van der Waals surface area contributed by atoms with Crippen LogP contribution in [0.1, 0.15) is 99.2 Å². The van der Waals surface area contributed by atoms with E-state index in [1.165, 1.54) is 62.7 Å². The Balaban J connectivity index is 1.07. The molecule has 4 heterocycles. The van der Waals surface area contributed by atoms with Gasteiger partial charge in [0.05, 0.1) is 36.0 Å². The lowest BCUT2D eigenvalue weighted by atomic mass is 9.72. The van der Waals surface area contributed by atoms with Gasteiger partial charge >= 0.3 is 5.97 Å². The van der Waals surface area contributed by atoms with Crippen LogP contribution in [0.5, 0.6) is 0 Å². The van der Waals surface area contributed by atoms with Gasteiger partial charge in [-0.15, -0.1) is 11.3 Å². The smallest absolute Gasteiger partial charge is 0.345 e. The van der Waals surface area contributed by atoms with E-state index in [-0.39, 0.29) is 11.8 Å². The van der Waals surface area contributed by atoms with Crippen molar-refractivity contribution in [2.75, 3.05) is 31.1 Å². The van der Waals surface area contributed by atoms with E-state index in [2.05, 4.69) is 47.9 Å². The molecule has 2 aromatic heterocycles. The molecule has 3 fully saturated rings. The fourth-order valence-corrected chi connectivity index (χ4v) is 8.97. The molecule has 2 N–H and O–H groups in total. The fourth-order valence-electron chi connectivity index (χ4n) is 8.01. The first-order chi connectivity index (χ1) is 24.3. The minimum absolute atomic E-state index is 0.132. The number of alkyl halides is 1. The van der Waals surface area contributed by atoms with Crippen LogP contribution in [0, 0.1) is 17.8 Å². The monoisotopic (exact) mass is 717 g/mol. The van der Waals surface area contributed by atoms with Crippen LogP contribution in [0.4, 0.5) is 10.1 Å². The van der Waals surface area contributed by atoms with E-state index in [0.29, 0.717) is 10.7 Å². The molecular weight excluding hydrogens is 666 g/mol. The summed E-state index contributed by atoms with van der Waals surface area (Å²) in [6, 6.07) is 10.2. The number of benzene rings is 1. The van der Waals surface area contributed by atoms with Gasteiger partial charge in [-0.3, -0.25) is 9.59 Å². The summed E-state index contributed by atoms with van der Waals surface area (Å²) >= 11 is 1.36. The maximum Gasteiger partial charge on any atom is 0.345 e. The molecular formula is C40H52FN5O4S. The molecule has 1 aliphatic carbocycles. The topological polar surface area (TPSA) is 116 Å². The average Bonchev–Trinajstić information content (AvgIpc) is 3.63. The molecule has 9 nitrogen and oxygen atoms in total. The van der Waals surface area contributed by atoms with Crippen LogP contribution < -0.4 is 10.2 Å². The third-order valence-corrected chi connectivity index (χ3v) is 12.7. The summed E-state index contributed by atoms with van der Waals surface area (Å²) < 4.78 is 14.5. The molecule has 3 aliphatic rings. The van der Waals surface area contributed by atoms with E-state index in [4.69, 9.17) is 0 Å². The Morgan fingerprint density at radius 1 is 0.961 bits per heavy atom. The molecule has 0 unspecified atom stereocenters. The van der Waals surface area contributed by atoms with E-state index in [0.717, 1.165) is 57.4 Å². The third kappa shape index (κ3) is 8.62. The number of carbonyl (C=O) groups excluding carboxylic acids is 2. The molecule has 1 saturated carbocycles. The number of nitrogens with one attached hydrogen (secondary N) is 1. The van der Waals surface area contributed by atoms with Crippen molar-refractivity contribution in [2.24, 2.45) is 17.8 Å². The summed E-state index contributed by atoms with van der Waals surface area (Å²) in [5, 5.41) is 12.1. The number of hydrogen-bond acceptors (Lipinski definition) is 7. The predicted molar refractivity (Wildman–Crippen MR) is 199 cm³/mol. The van der Waals surface area contributed by atoms with Crippen molar-refractivity contribution in [3.63, 3.8) is 0 Å². The number of anilines is 1. The van der Waals surface area contributed by atoms with Gasteiger partial charge in [-0.25, -0.2) is 19.2 Å². The number of rotatable bonds is 11. The molecule has 1 atom stereocenters. The lowest BCUT2D eigenvalue weighted by molar-refractivity contribution is -0.169. The zero-order valence-corrected chi connectivity index (χ0v) is 31.2. The molecule has 2 aliphatic heterocycles. The zero-order chi connectivity index (χ0) is 36.3. The van der Waals surface area contributed by atoms with Gasteiger partial charge in [0.2, 0.25) is 11.6 Å². The van der Waals surface area contributed by atoms with E-state index >= 15 is 0 Å². The maximum absolute atomic E-state index is 14.5. The molecule has 3 aromatic rings. The number of nitrogens with zero attached hydrogens (tertiary/aromatic N) is 4. The van der Waals surface area contributed by atoms with Crippen molar-refractivity contribution in [3.05, 3.63) is 64.1 Å². The van der Waals surface area contributed by atoms with Crippen molar-refractivity contribution in [1.82, 2.24) is 20.2 Å². The lowest BCUT2D eigenvalue weighted by Gasteiger charge is -2.42. The highest BCUT2D eigenvalue weighted by Gasteiger charge is 2.53. The van der Waals surface area contributed by atoms with E-state index in [1.54, 1.807) is 6.07 Å². The highest BCUT2D eigenvalue weighted by molar-refractivity contribution is 7.14. The number of carboxylic acid groups (broad SMARTS) is 1. The highest BCUT2D eigenvalue weighted by Crippen LogP contribution is 2.40. The summed E-state index contributed by atoms with van der Waals surface area (Å²) in [7, 11) is 0. The van der Waals surface area contributed by atoms with Gasteiger partial charge in [0.15, 0.2) is 5.82 Å². The number of piperidine rings is 1. The largest absolute Gasteiger partial charge is 0.479 e. The van der Waals surface area contributed by atoms with Crippen molar-refractivity contribution in [1.29, 1.82) is 0 Å². The van der Waals surface area contributed by atoms with Gasteiger partial charge in [0, 0.05) is 30.0 Å². The Kier molecular flexibility index (Phi) is 11.1. The van der Waals surface area contributed by atoms with Crippen molar-refractivity contribution < 1.29 is 23.9 Å². The molecule has 2 saturated heterocycles. The molecule has 2 amide bonds. The van der Waals surface area contributed by atoms with Gasteiger partial charge in [0.25, 0.3) is 5.91 Å². The number of thiophene rings is 1. The number of likely N-dealkylation sites (tertiary alicyclic amines) is 1. The number of aromatic nitrogens is 2. The first kappa shape index (κ1) is 36.9. The summed E-state index contributed by atoms with van der Waals surface area (Å²) in [5.41, 5.74) is 0.0498. The van der Waals surface area contributed by atoms with Crippen molar-refractivity contribution in [3.8, 4) is 11.4 Å². The van der Waals surface area contributed by atoms with E-state index in [9.17, 15) is 23.9 Å². The number of hydrogen-bond donors (Lipinski definition) is 2. The highest BCUT2D eigenvalue weighted by atomic mass is 32.1. The van der Waals surface area contributed by atoms with Crippen LogP contribution in [0.2, 0.25) is 0 Å². The quantitative estimate of drug-likeness (QED) is 0.214. The minimum Gasteiger partial charge on any atom is -0.479 e. The normalized spacial score (nSPS) is 21.5. The second-order valence-corrected chi connectivity index (χ2v) is 17.0. The number of carboxylic acids is 1. The molecule has 0 radical (unpaired) electrons. The second kappa shape index (κ2) is 15.4. The van der Waals surface area contributed by atoms with Gasteiger partial charge < -0.3 is 20.2 Å². The Morgan fingerprint density at radius 2 is 1.59 bits per heavy atom. The molecule has 51 heavy (non-hydrogen) atoms. The maximum atomic E-state index is 14.5. The van der Waals surface area contributed by atoms with E-state index < -0.39 is 42.6 Å². The van der Waals surface area contributed by atoms with Crippen LogP contribution in [-0.4, -0.2) is 75.6 Å². The molecule has 6 rings (SSSR count). The number of amides is 2. The average molecular weight is 718 g/mol. The van der Waals surface area contributed by atoms with E-state index in [1.807, 2.05) is 42.7 Å². The zero-order valence-electron chi connectivity index (χ0n) is 30.4. The fraction of sp³-hybridized carbons (Fsp3) is 0.575. The first-order valence-corrected chi connectivity index (χ1v) is 19.4. The van der Waals surface area contributed by atoms with Crippen LogP contribution >= 0.6 is 11.3 Å². The summed E-state index contributed by atoms with van der Waals surface area (Å²) in [6.45, 7) is 9.47. The predicted octanol–water partition coefficient (Wildman–Crippen LogP) is 7.30. The van der Waals surface area contributed by atoms with Gasteiger partial charge in [0.1, 0.15) is 6.04 Å². The Bertz CT molecular complexity index is 1670. The Morgan fingerprint density at radius 3 is 2.16 bits per heavy atom. The van der Waals surface area contributed by atoms with Crippen molar-refractivity contribution >= 4 is 34.8 Å². The molecule has 274 valence electrons. The standard InChI is InChI=1S/C40H52FN5O4S/c1-5-6-26-7-11-28(12-8-26)29-17-19-45(20-18-29)31-22-42-35(43-23-31)30-13-9-27(10-14-30)21-32(37(48)46-24-40(41,25-46)38(49)50)44-36(47)33-15-16-34(51-33)39(2,3)4/h9-10,13-16,22-23,26,28-29,32H,5-8,11-12,17-21,24-25H2,1-4H3,(H,44,47)(H,49,50)/t26?,28?,32-/m0/s1. The molecule has 0 bridgehead atoms. The molecule has 11 heteroatoms. The number of halogens is 1. The SMILES string of the molecule is CCCC1CCC(C2CCN(c3cnc(-c4ccc(C[C@H](NC(=O)c5ccc(C(C)(C)C)s5)C(=O)N5CC(F)(C(=O)O)C5)cc4)nc3)CC2)CC1. The van der Waals surface area contributed by atoms with Crippen LogP contribution in [0.3, 0.4) is 0 Å². The number of aliphatic carboxylic acids is 1. The van der Waals surface area contributed by atoms with Gasteiger partial charge in [-0.05, 0) is 66.5 Å². The summed E-state index contributed by atoms with van der Waals surface area (Å²) in [6.07, 6.45) is 14.7. The lowest BCUT2D eigenvalue weighted by Crippen LogP contribution is -2.67. The second-order valence-electron chi connectivity index (χ2n) is 16.0. The molecule has 1 aromatic carbocycles. The minimum atomic E-state index is -2.47. The third-order valence-electron chi connectivity index (χ3n) is 11.2. The van der Waals surface area contributed by atoms with Crippen LogP contribution in [0.15, 0.2) is 48.8 Å². The number of carbonyl (C=O) groups is 3. The van der Waals surface area contributed by atoms with Crippen LogP contribution in [0.25, 0.3) is 11.4 Å². The Hall–Kier alpha value is -3.86. The van der Waals surface area contributed by atoms with Gasteiger partial charge in [-0.1, -0.05) is 77.6 Å². The van der Waals surface area contributed by atoms with Crippen LogP contribution in [-0.2, 0) is 21.4 Å². The van der Waals surface area contributed by atoms with Crippen molar-refractivity contribution in [2.45, 2.75) is 103 Å². The first-order valence-electron chi connectivity index (χ1n) is 18.6. The van der Waals surface area contributed by atoms with Gasteiger partial charge in [-0.2, -0.15) is 0 Å². The Labute approximate surface area is 305 Å². The summed E-state index contributed by atoms with van der Waals surface area (Å²) in [4.78, 5) is 52.5. The summed E-state index contributed by atoms with van der Waals surface area (Å²) in [5.74, 6) is 0.756.